The van der Waals surface area contributed by atoms with Gasteiger partial charge in [0.25, 0.3) is 0 Å². The average Bonchev–Trinajstić information content (AvgIpc) is 2.40. The Kier molecular flexibility index (Phi) is 20.4. The first-order valence-corrected chi connectivity index (χ1v) is 8.84. The van der Waals surface area contributed by atoms with Crippen LogP contribution in [0.5, 0.6) is 0 Å². The number of carbonyl (C=O) groups is 4. The minimum absolute atomic E-state index is 0.317. The molecule has 0 rings (SSSR count). The van der Waals surface area contributed by atoms with Gasteiger partial charge in [-0.2, -0.15) is 0 Å². The zero-order chi connectivity index (χ0) is 19.0. The van der Waals surface area contributed by atoms with Crippen molar-refractivity contribution in [1.82, 2.24) is 0 Å². The Hall–Kier alpha value is -0.917. The van der Waals surface area contributed by atoms with Crippen LogP contribution in [0.3, 0.4) is 0 Å². The summed E-state index contributed by atoms with van der Waals surface area (Å²) in [7, 11) is 3.32. The van der Waals surface area contributed by atoms with Gasteiger partial charge in [0.2, 0.25) is 0 Å². The molecule has 0 saturated heterocycles. The molecule has 8 nitrogen and oxygen atoms in total. The molecule has 0 spiro atoms. The first kappa shape index (κ1) is 27.0. The zero-order valence-electron chi connectivity index (χ0n) is 14.3. The quantitative estimate of drug-likeness (QED) is 0.459. The molecule has 9 heteroatoms. The second-order valence-corrected chi connectivity index (χ2v) is 6.69. The van der Waals surface area contributed by atoms with Crippen LogP contribution in [0.25, 0.3) is 0 Å². The van der Waals surface area contributed by atoms with E-state index in [2.05, 4.69) is 5.63 Å². The summed E-state index contributed by atoms with van der Waals surface area (Å²) in [6.45, 7) is 5.79. The van der Waals surface area contributed by atoms with E-state index in [1.54, 1.807) is 28.1 Å². The summed E-state index contributed by atoms with van der Waals surface area (Å²) < 4.78 is 9.28. The number of carboxylic acids is 2. The maximum atomic E-state index is 10.4. The molecule has 2 atom stereocenters. The molecular weight excluding hydrogens is 387 g/mol. The summed E-state index contributed by atoms with van der Waals surface area (Å²) in [5, 5.41) is 20.1. The molecule has 0 fully saturated rings. The fourth-order valence-corrected chi connectivity index (χ4v) is 1.73. The molecule has 0 N–H and O–H groups in total. The Labute approximate surface area is 149 Å². The van der Waals surface area contributed by atoms with Crippen molar-refractivity contribution in [1.29, 1.82) is 0 Å². The summed E-state index contributed by atoms with van der Waals surface area (Å²) in [4.78, 5) is 40.9. The Morgan fingerprint density at radius 2 is 1.09 bits per heavy atom. The Morgan fingerprint density at radius 3 is 1.09 bits per heavy atom. The molecule has 0 aliphatic rings. The van der Waals surface area contributed by atoms with E-state index >= 15 is 0 Å². The third-order valence-electron chi connectivity index (χ3n) is 2.53. The predicted octanol–water partition coefficient (Wildman–Crippen LogP) is -1.11. The van der Waals surface area contributed by atoms with Crippen LogP contribution in [0.1, 0.15) is 40.5 Å². The van der Waals surface area contributed by atoms with Crippen LogP contribution in [0.4, 0.5) is 0 Å². The summed E-state index contributed by atoms with van der Waals surface area (Å²) in [5.41, 5.74) is 0. The summed E-state index contributed by atoms with van der Waals surface area (Å²) in [6, 6.07) is 0. The van der Waals surface area contributed by atoms with E-state index < -0.39 is 47.9 Å². The van der Waals surface area contributed by atoms with Crippen molar-refractivity contribution in [3.05, 3.63) is 0 Å². The third-order valence-corrected chi connectivity index (χ3v) is 3.35. The molecule has 0 bridgehead atoms. The van der Waals surface area contributed by atoms with E-state index in [9.17, 15) is 29.4 Å². The number of aliphatic carboxylic acids is 2. The fourth-order valence-electron chi connectivity index (χ4n) is 1.32. The molecular formula is C14H24O8Zr. The molecule has 0 aromatic carbocycles. The molecule has 132 valence electrons. The average molecular weight is 412 g/mol. The van der Waals surface area contributed by atoms with Crippen molar-refractivity contribution >= 4 is 23.5 Å². The molecule has 0 saturated carbocycles. The minimum atomic E-state index is -1.27. The number of carboxylic acid groups (broad SMARTS) is 2. The third kappa shape index (κ3) is 17.3. The zero-order valence-corrected chi connectivity index (χ0v) is 16.8. The van der Waals surface area contributed by atoms with E-state index in [4.69, 9.17) is 0 Å². The first-order chi connectivity index (χ1) is 10.6. The van der Waals surface area contributed by atoms with Gasteiger partial charge in [0.05, 0.1) is 23.8 Å². The van der Waals surface area contributed by atoms with Gasteiger partial charge in [-0.25, -0.2) is 0 Å². The fraction of sp³-hybridized carbons (Fsp3) is 0.714. The molecule has 23 heavy (non-hydrogen) atoms. The molecule has 0 heterocycles. The van der Waals surface area contributed by atoms with Crippen LogP contribution in [-0.4, -0.2) is 37.7 Å². The number of hydrogen-bond donors (Lipinski definition) is 0. The number of carbonyl (C=O) groups excluding carboxylic acids is 4. The predicted molar refractivity (Wildman–Crippen MR) is 73.0 cm³/mol. The Balaban J connectivity index is -0.000000273. The van der Waals surface area contributed by atoms with Crippen molar-refractivity contribution in [3.8, 4) is 0 Å². The van der Waals surface area contributed by atoms with Crippen molar-refractivity contribution in [2.75, 3.05) is 14.2 Å². The monoisotopic (exact) mass is 410 g/mol. The topological polar surface area (TPSA) is 133 Å². The van der Waals surface area contributed by atoms with Crippen molar-refractivity contribution in [3.63, 3.8) is 0 Å². The Bertz CT molecular complexity index is 308. The maximum absolute atomic E-state index is 10.4. The number of Topliss-reactive ketones (excluding diaryl/α,β-unsaturated/α-hetero) is 2. The number of hydrogen-bond acceptors (Lipinski definition) is 8. The van der Waals surface area contributed by atoms with Gasteiger partial charge in [0.15, 0.2) is 0 Å². The van der Waals surface area contributed by atoms with Crippen molar-refractivity contribution in [2.45, 2.75) is 40.5 Å². The second kappa shape index (κ2) is 17.4. The van der Waals surface area contributed by atoms with Gasteiger partial charge in [0, 0.05) is 0 Å². The van der Waals surface area contributed by atoms with E-state index in [1.807, 2.05) is 0 Å². The van der Waals surface area contributed by atoms with Gasteiger partial charge in [-0.05, 0) is 26.7 Å². The van der Waals surface area contributed by atoms with Gasteiger partial charge in [-0.1, -0.05) is 13.8 Å². The van der Waals surface area contributed by atoms with Crippen molar-refractivity contribution < 1.29 is 59.1 Å². The van der Waals surface area contributed by atoms with Crippen LogP contribution >= 0.6 is 0 Å². The van der Waals surface area contributed by atoms with Gasteiger partial charge < -0.3 is 19.8 Å². The molecule has 0 amide bonds. The molecule has 0 aliphatic carbocycles. The molecule has 0 aliphatic heterocycles. The van der Waals surface area contributed by atoms with Gasteiger partial charge in [-0.3, -0.25) is 9.59 Å². The van der Waals surface area contributed by atoms with Crippen LogP contribution in [0.15, 0.2) is 0 Å². The van der Waals surface area contributed by atoms with Crippen molar-refractivity contribution in [2.24, 2.45) is 11.8 Å². The summed E-state index contributed by atoms with van der Waals surface area (Å²) in [6.07, 6.45) is 0.634. The molecule has 0 aromatic heterocycles. The Morgan fingerprint density at radius 1 is 0.826 bits per heavy atom. The first-order valence-electron chi connectivity index (χ1n) is 6.83. The van der Waals surface area contributed by atoms with Crippen LogP contribution in [0.2, 0.25) is 0 Å². The van der Waals surface area contributed by atoms with Crippen LogP contribution in [-0.2, 0) is 48.9 Å². The van der Waals surface area contributed by atoms with Gasteiger partial charge >= 0.3 is 44.0 Å². The van der Waals surface area contributed by atoms with Gasteiger partial charge in [-0.15, -0.1) is 0 Å². The SMILES string of the molecule is CCC(C(C)=O)C(=O)[O-].CCC(C(C)=O)C(=O)[O-].C[O][Zr+2][O]C. The summed E-state index contributed by atoms with van der Waals surface area (Å²) >= 11 is -0.782. The second-order valence-electron chi connectivity index (χ2n) is 4.27. The molecule has 0 radical (unpaired) electrons. The summed E-state index contributed by atoms with van der Waals surface area (Å²) in [5.74, 6) is -5.04. The van der Waals surface area contributed by atoms with Crippen LogP contribution in [0, 0.1) is 11.8 Å². The molecule has 2 unspecified atom stereocenters. The normalized spacial score (nSPS) is 11.4. The number of rotatable bonds is 8. The van der Waals surface area contributed by atoms with E-state index in [1.165, 1.54) is 13.8 Å². The molecule has 0 aromatic rings. The number of ketones is 2. The standard InChI is InChI=1S/2C6H10O3.2CH3O.Zr/c2*1-3-5(4(2)7)6(8)9;2*1-2;/h2*5H,3H2,1-2H3,(H,8,9);2*1H3;/q;;2*-1;+4/p-2. The van der Waals surface area contributed by atoms with Gasteiger partial charge in [0.1, 0.15) is 11.6 Å². The van der Waals surface area contributed by atoms with E-state index in [-0.39, 0.29) is 11.6 Å². The van der Waals surface area contributed by atoms with E-state index in [0.29, 0.717) is 12.8 Å². The van der Waals surface area contributed by atoms with Crippen LogP contribution < -0.4 is 10.2 Å². The van der Waals surface area contributed by atoms with E-state index in [0.717, 1.165) is 0 Å².